The van der Waals surface area contributed by atoms with Gasteiger partial charge in [-0.05, 0) is 42.4 Å². The Labute approximate surface area is 121 Å². The van der Waals surface area contributed by atoms with E-state index in [0.717, 1.165) is 17.5 Å². The molecule has 1 N–H and O–H groups in total. The molecule has 0 aliphatic heterocycles. The van der Waals surface area contributed by atoms with E-state index in [1.807, 2.05) is 18.2 Å². The van der Waals surface area contributed by atoms with Gasteiger partial charge in [-0.2, -0.15) is 0 Å². The Morgan fingerprint density at radius 3 is 2.65 bits per heavy atom. The molecule has 3 aromatic rings. The van der Waals surface area contributed by atoms with Crippen LogP contribution in [0, 0.1) is 10.6 Å². The van der Waals surface area contributed by atoms with Gasteiger partial charge < -0.3 is 9.55 Å². The van der Waals surface area contributed by atoms with Crippen LogP contribution in [0.15, 0.2) is 48.5 Å². The van der Waals surface area contributed by atoms with Gasteiger partial charge in [-0.3, -0.25) is 0 Å². The number of fused-ring (bicyclic) bond motifs is 1. The third-order valence-electron chi connectivity index (χ3n) is 3.56. The Kier molecular flexibility index (Phi) is 3.40. The van der Waals surface area contributed by atoms with Crippen molar-refractivity contribution in [2.24, 2.45) is 0 Å². The zero-order valence-electron chi connectivity index (χ0n) is 11.1. The molecule has 0 aliphatic carbocycles. The number of benzene rings is 2. The molecule has 1 atom stereocenters. The summed E-state index contributed by atoms with van der Waals surface area (Å²) in [6, 6.07) is 15.1. The lowest BCUT2D eigenvalue weighted by atomic mass is 10.0. The molecule has 1 aromatic heterocycles. The number of nitrogens with one attached hydrogen (secondary N) is 1. The van der Waals surface area contributed by atoms with Crippen molar-refractivity contribution >= 4 is 23.3 Å². The van der Waals surface area contributed by atoms with Gasteiger partial charge in [-0.1, -0.05) is 37.3 Å². The van der Waals surface area contributed by atoms with E-state index in [9.17, 15) is 4.39 Å². The number of H-pyrrole nitrogens is 1. The molecule has 0 saturated carbocycles. The Bertz CT molecular complexity index is 789. The van der Waals surface area contributed by atoms with Crippen LogP contribution in [0.25, 0.3) is 11.0 Å². The van der Waals surface area contributed by atoms with Crippen molar-refractivity contribution in [2.45, 2.75) is 19.4 Å². The van der Waals surface area contributed by atoms with Crippen LogP contribution in [0.3, 0.4) is 0 Å². The summed E-state index contributed by atoms with van der Waals surface area (Å²) in [4.78, 5) is 3.09. The number of rotatable bonds is 3. The molecule has 0 bridgehead atoms. The zero-order chi connectivity index (χ0) is 14.1. The smallest absolute Gasteiger partial charge is 0.178 e. The van der Waals surface area contributed by atoms with Crippen LogP contribution in [0.2, 0.25) is 0 Å². The van der Waals surface area contributed by atoms with Crippen LogP contribution in [-0.2, 0) is 0 Å². The van der Waals surface area contributed by atoms with E-state index < -0.39 is 0 Å². The maximum absolute atomic E-state index is 13.3. The van der Waals surface area contributed by atoms with Crippen molar-refractivity contribution < 1.29 is 4.39 Å². The first-order chi connectivity index (χ1) is 9.70. The molecular weight excluding hydrogens is 271 g/mol. The summed E-state index contributed by atoms with van der Waals surface area (Å²) < 4.78 is 16.0. The highest BCUT2D eigenvalue weighted by Gasteiger charge is 2.15. The number of hydrogen-bond acceptors (Lipinski definition) is 1. The lowest BCUT2D eigenvalue weighted by molar-refractivity contribution is 0.574. The maximum Gasteiger partial charge on any atom is 0.178 e. The molecule has 2 aromatic carbocycles. The third kappa shape index (κ3) is 2.16. The van der Waals surface area contributed by atoms with Crippen molar-refractivity contribution in [3.63, 3.8) is 0 Å². The quantitative estimate of drug-likeness (QED) is 0.683. The van der Waals surface area contributed by atoms with Gasteiger partial charge in [0.2, 0.25) is 0 Å². The number of aromatic amines is 1. The van der Waals surface area contributed by atoms with Crippen LogP contribution in [0.1, 0.15) is 24.9 Å². The van der Waals surface area contributed by atoms with E-state index in [1.54, 1.807) is 6.07 Å². The maximum atomic E-state index is 13.3. The predicted octanol–water partition coefficient (Wildman–Crippen LogP) is 4.84. The first-order valence-electron chi connectivity index (χ1n) is 6.65. The van der Waals surface area contributed by atoms with Crippen LogP contribution < -0.4 is 0 Å². The summed E-state index contributed by atoms with van der Waals surface area (Å²) in [6.07, 6.45) is 0.919. The molecule has 0 aliphatic rings. The molecule has 2 nitrogen and oxygen atoms in total. The minimum absolute atomic E-state index is 0.155. The Morgan fingerprint density at radius 2 is 1.95 bits per heavy atom. The van der Waals surface area contributed by atoms with Crippen LogP contribution >= 0.6 is 12.2 Å². The summed E-state index contributed by atoms with van der Waals surface area (Å²) in [5, 5.41) is 0. The number of hydrogen-bond donors (Lipinski definition) is 1. The Balaban J connectivity index is 2.22. The van der Waals surface area contributed by atoms with Gasteiger partial charge in [0, 0.05) is 0 Å². The fourth-order valence-corrected chi connectivity index (χ4v) is 2.99. The molecule has 0 saturated heterocycles. The van der Waals surface area contributed by atoms with Gasteiger partial charge in [0.05, 0.1) is 17.1 Å². The predicted molar refractivity (Wildman–Crippen MR) is 82.0 cm³/mol. The standard InChI is InChI=1S/C16H15FN2S/c1-2-14(11-6-4-3-5-7-11)19-15-9-8-12(17)10-13(15)18-16(19)20/h3-10,14H,2H2,1H3,(H,18,20). The van der Waals surface area contributed by atoms with Crippen molar-refractivity contribution in [1.82, 2.24) is 9.55 Å². The van der Waals surface area contributed by atoms with Gasteiger partial charge in [-0.15, -0.1) is 0 Å². The van der Waals surface area contributed by atoms with E-state index >= 15 is 0 Å². The summed E-state index contributed by atoms with van der Waals surface area (Å²) >= 11 is 5.42. The van der Waals surface area contributed by atoms with E-state index in [2.05, 4.69) is 28.6 Å². The second kappa shape index (κ2) is 5.21. The highest BCUT2D eigenvalue weighted by molar-refractivity contribution is 7.71. The van der Waals surface area contributed by atoms with E-state index in [-0.39, 0.29) is 11.9 Å². The molecule has 0 radical (unpaired) electrons. The summed E-state index contributed by atoms with van der Waals surface area (Å²) in [7, 11) is 0. The van der Waals surface area contributed by atoms with Crippen molar-refractivity contribution in [3.05, 3.63) is 64.7 Å². The van der Waals surface area contributed by atoms with Crippen LogP contribution in [0.5, 0.6) is 0 Å². The number of halogens is 1. The number of aromatic nitrogens is 2. The molecule has 0 fully saturated rings. The average Bonchev–Trinajstić information content (AvgIpc) is 2.77. The lowest BCUT2D eigenvalue weighted by Crippen LogP contribution is -2.09. The first kappa shape index (κ1) is 13.1. The largest absolute Gasteiger partial charge is 0.330 e. The minimum Gasteiger partial charge on any atom is -0.330 e. The van der Waals surface area contributed by atoms with Crippen molar-refractivity contribution in [2.75, 3.05) is 0 Å². The Morgan fingerprint density at radius 1 is 1.20 bits per heavy atom. The molecule has 20 heavy (non-hydrogen) atoms. The second-order valence-electron chi connectivity index (χ2n) is 4.80. The van der Waals surface area contributed by atoms with Gasteiger partial charge in [0.1, 0.15) is 5.82 Å². The molecule has 1 heterocycles. The first-order valence-corrected chi connectivity index (χ1v) is 7.06. The van der Waals surface area contributed by atoms with Crippen LogP contribution in [-0.4, -0.2) is 9.55 Å². The van der Waals surface area contributed by atoms with Gasteiger partial charge in [0.25, 0.3) is 0 Å². The molecule has 3 rings (SSSR count). The van der Waals surface area contributed by atoms with Crippen molar-refractivity contribution in [3.8, 4) is 0 Å². The van der Waals surface area contributed by atoms with E-state index in [4.69, 9.17) is 12.2 Å². The molecule has 0 spiro atoms. The lowest BCUT2D eigenvalue weighted by Gasteiger charge is -2.18. The fraction of sp³-hybridized carbons (Fsp3) is 0.188. The molecule has 4 heteroatoms. The summed E-state index contributed by atoms with van der Waals surface area (Å²) in [6.45, 7) is 2.13. The summed E-state index contributed by atoms with van der Waals surface area (Å²) in [5.74, 6) is -0.256. The normalized spacial score (nSPS) is 12.7. The monoisotopic (exact) mass is 286 g/mol. The Hall–Kier alpha value is -1.94. The van der Waals surface area contributed by atoms with E-state index in [0.29, 0.717) is 4.77 Å². The highest BCUT2D eigenvalue weighted by atomic mass is 32.1. The SMILES string of the molecule is CCC(c1ccccc1)n1c(=S)[nH]c2cc(F)ccc21. The van der Waals surface area contributed by atoms with Crippen LogP contribution in [0.4, 0.5) is 4.39 Å². The topological polar surface area (TPSA) is 20.7 Å². The summed E-state index contributed by atoms with van der Waals surface area (Å²) in [5.41, 5.74) is 2.88. The van der Waals surface area contributed by atoms with Crippen molar-refractivity contribution in [1.29, 1.82) is 0 Å². The fourth-order valence-electron chi connectivity index (χ4n) is 2.66. The highest BCUT2D eigenvalue weighted by Crippen LogP contribution is 2.27. The molecule has 1 unspecified atom stereocenters. The van der Waals surface area contributed by atoms with Gasteiger partial charge in [0.15, 0.2) is 4.77 Å². The van der Waals surface area contributed by atoms with E-state index in [1.165, 1.54) is 17.7 Å². The number of nitrogens with zero attached hydrogens (tertiary/aromatic N) is 1. The van der Waals surface area contributed by atoms with Gasteiger partial charge in [-0.25, -0.2) is 4.39 Å². The molecule has 0 amide bonds. The third-order valence-corrected chi connectivity index (χ3v) is 3.86. The van der Waals surface area contributed by atoms with Gasteiger partial charge >= 0.3 is 0 Å². The average molecular weight is 286 g/mol. The molecular formula is C16H15FN2S. The zero-order valence-corrected chi connectivity index (χ0v) is 12.0. The number of imidazole rings is 1. The minimum atomic E-state index is -0.256. The second-order valence-corrected chi connectivity index (χ2v) is 5.18. The molecule has 102 valence electrons.